The van der Waals surface area contributed by atoms with E-state index in [2.05, 4.69) is 10.3 Å². The molecular formula is C16H23N3O6. The fraction of sp³-hybridized carbons (Fsp3) is 0.500. The molecule has 0 aliphatic carbocycles. The zero-order valence-corrected chi connectivity index (χ0v) is 14.4. The van der Waals surface area contributed by atoms with Crippen molar-refractivity contribution in [2.45, 2.75) is 32.4 Å². The number of hydrogen-bond donors (Lipinski definition) is 3. The lowest BCUT2D eigenvalue weighted by Gasteiger charge is -2.36. The first kappa shape index (κ1) is 20.4. The summed E-state index contributed by atoms with van der Waals surface area (Å²) in [5.74, 6) is -3.65. The van der Waals surface area contributed by atoms with Gasteiger partial charge in [0.15, 0.2) is 0 Å². The van der Waals surface area contributed by atoms with Crippen LogP contribution in [0.25, 0.3) is 0 Å². The lowest BCUT2D eigenvalue weighted by atomic mass is 10.1. The number of aliphatic carboxylic acids is 2. The Kier molecular flexibility index (Phi) is 7.31. The zero-order valence-electron chi connectivity index (χ0n) is 14.4. The summed E-state index contributed by atoms with van der Waals surface area (Å²) in [5.41, 5.74) is 0.414. The van der Waals surface area contributed by atoms with Gasteiger partial charge in [0.05, 0.1) is 11.7 Å². The van der Waals surface area contributed by atoms with E-state index in [1.807, 2.05) is 39.0 Å². The first-order valence-corrected chi connectivity index (χ1v) is 7.69. The zero-order chi connectivity index (χ0) is 19.0. The molecule has 0 bridgehead atoms. The molecule has 1 atom stereocenters. The SMILES string of the molecule is CC(C)(C)OC(=O)N1CCNCC1c1ccccn1.O=C(O)C(=O)O. The van der Waals surface area contributed by atoms with E-state index in [9.17, 15) is 4.79 Å². The molecule has 138 valence electrons. The standard InChI is InChI=1S/C14H21N3O2.C2H2O4/c1-14(2,3)19-13(18)17-9-8-15-10-12(17)11-6-4-5-7-16-11;3-1(4)2(5)6/h4-7,12,15H,8-10H2,1-3H3;(H,3,4)(H,5,6). The monoisotopic (exact) mass is 353 g/mol. The van der Waals surface area contributed by atoms with Gasteiger partial charge in [-0.1, -0.05) is 6.07 Å². The molecule has 1 fully saturated rings. The summed E-state index contributed by atoms with van der Waals surface area (Å²) in [6.45, 7) is 7.75. The van der Waals surface area contributed by atoms with Gasteiger partial charge >= 0.3 is 18.0 Å². The van der Waals surface area contributed by atoms with Crippen molar-refractivity contribution in [2.24, 2.45) is 0 Å². The largest absolute Gasteiger partial charge is 0.473 e. The minimum atomic E-state index is -1.82. The van der Waals surface area contributed by atoms with Crippen molar-refractivity contribution in [1.82, 2.24) is 15.2 Å². The molecule has 1 unspecified atom stereocenters. The van der Waals surface area contributed by atoms with E-state index in [0.29, 0.717) is 13.1 Å². The molecule has 1 aromatic heterocycles. The van der Waals surface area contributed by atoms with Crippen molar-refractivity contribution in [3.8, 4) is 0 Å². The van der Waals surface area contributed by atoms with E-state index in [-0.39, 0.29) is 12.1 Å². The van der Waals surface area contributed by atoms with Crippen LogP contribution in [0.1, 0.15) is 32.5 Å². The molecule has 1 aliphatic rings. The third-order valence-electron chi connectivity index (χ3n) is 3.08. The summed E-state index contributed by atoms with van der Waals surface area (Å²) in [6, 6.07) is 5.68. The van der Waals surface area contributed by atoms with Gasteiger partial charge in [-0.05, 0) is 32.9 Å². The van der Waals surface area contributed by atoms with Crippen molar-refractivity contribution in [3.05, 3.63) is 30.1 Å². The number of piperazine rings is 1. The first-order chi connectivity index (χ1) is 11.6. The highest BCUT2D eigenvalue weighted by Gasteiger charge is 2.31. The van der Waals surface area contributed by atoms with E-state index in [0.717, 1.165) is 12.2 Å². The Bertz CT molecular complexity index is 588. The Morgan fingerprint density at radius 3 is 2.36 bits per heavy atom. The van der Waals surface area contributed by atoms with Crippen LogP contribution in [0.5, 0.6) is 0 Å². The Balaban J connectivity index is 0.000000450. The van der Waals surface area contributed by atoms with Gasteiger partial charge in [0, 0.05) is 25.8 Å². The van der Waals surface area contributed by atoms with E-state index in [4.69, 9.17) is 24.5 Å². The van der Waals surface area contributed by atoms with Crippen molar-refractivity contribution in [1.29, 1.82) is 0 Å². The summed E-state index contributed by atoms with van der Waals surface area (Å²) < 4.78 is 5.46. The number of carboxylic acid groups (broad SMARTS) is 2. The van der Waals surface area contributed by atoms with Crippen LogP contribution in [0.4, 0.5) is 4.79 Å². The summed E-state index contributed by atoms with van der Waals surface area (Å²) in [6.07, 6.45) is 1.47. The number of nitrogens with one attached hydrogen (secondary N) is 1. The van der Waals surface area contributed by atoms with Gasteiger partial charge in [-0.2, -0.15) is 0 Å². The first-order valence-electron chi connectivity index (χ1n) is 7.69. The number of carbonyl (C=O) groups is 3. The van der Waals surface area contributed by atoms with Gasteiger partial charge in [0.1, 0.15) is 5.60 Å². The number of amides is 1. The van der Waals surface area contributed by atoms with Crippen LogP contribution in [0, 0.1) is 0 Å². The van der Waals surface area contributed by atoms with Crippen LogP contribution in [0.2, 0.25) is 0 Å². The third kappa shape index (κ3) is 7.17. The van der Waals surface area contributed by atoms with Crippen LogP contribution in [0.3, 0.4) is 0 Å². The van der Waals surface area contributed by atoms with Gasteiger partial charge < -0.3 is 20.3 Å². The average molecular weight is 353 g/mol. The van der Waals surface area contributed by atoms with E-state index in [1.165, 1.54) is 0 Å². The number of carboxylic acids is 2. The van der Waals surface area contributed by atoms with Crippen LogP contribution < -0.4 is 5.32 Å². The second kappa shape index (κ2) is 8.97. The van der Waals surface area contributed by atoms with E-state index < -0.39 is 17.5 Å². The van der Waals surface area contributed by atoms with Gasteiger partial charge in [-0.3, -0.25) is 9.88 Å². The Labute approximate surface area is 145 Å². The fourth-order valence-corrected chi connectivity index (χ4v) is 2.08. The number of rotatable bonds is 1. The molecule has 3 N–H and O–H groups in total. The Morgan fingerprint density at radius 1 is 1.24 bits per heavy atom. The number of ether oxygens (including phenoxy) is 1. The van der Waals surface area contributed by atoms with Crippen LogP contribution in [0.15, 0.2) is 24.4 Å². The summed E-state index contributed by atoms with van der Waals surface area (Å²) in [4.78, 5) is 36.5. The average Bonchev–Trinajstić information content (AvgIpc) is 2.54. The highest BCUT2D eigenvalue weighted by Crippen LogP contribution is 2.22. The highest BCUT2D eigenvalue weighted by molar-refractivity contribution is 6.27. The van der Waals surface area contributed by atoms with Crippen molar-refractivity contribution in [2.75, 3.05) is 19.6 Å². The predicted molar refractivity (Wildman–Crippen MR) is 88.1 cm³/mol. The minimum Gasteiger partial charge on any atom is -0.473 e. The number of hydrogen-bond acceptors (Lipinski definition) is 6. The topological polar surface area (TPSA) is 129 Å². The van der Waals surface area contributed by atoms with Crippen molar-refractivity contribution >= 4 is 18.0 Å². The lowest BCUT2D eigenvalue weighted by Crippen LogP contribution is -2.50. The number of aromatic nitrogens is 1. The van der Waals surface area contributed by atoms with E-state index >= 15 is 0 Å². The van der Waals surface area contributed by atoms with Crippen LogP contribution in [-0.4, -0.2) is 63.4 Å². The maximum atomic E-state index is 12.2. The maximum absolute atomic E-state index is 12.2. The molecule has 9 heteroatoms. The summed E-state index contributed by atoms with van der Waals surface area (Å²) in [7, 11) is 0. The summed E-state index contributed by atoms with van der Waals surface area (Å²) in [5, 5.41) is 18.1. The molecule has 2 heterocycles. The van der Waals surface area contributed by atoms with Crippen LogP contribution in [-0.2, 0) is 14.3 Å². The van der Waals surface area contributed by atoms with Gasteiger partial charge in [0.2, 0.25) is 0 Å². The number of nitrogens with zero attached hydrogens (tertiary/aromatic N) is 2. The molecule has 0 aromatic carbocycles. The minimum absolute atomic E-state index is 0.0650. The Hall–Kier alpha value is -2.68. The molecule has 9 nitrogen and oxygen atoms in total. The second-order valence-corrected chi connectivity index (χ2v) is 6.26. The molecule has 2 rings (SSSR count). The van der Waals surface area contributed by atoms with E-state index in [1.54, 1.807) is 11.1 Å². The second-order valence-electron chi connectivity index (χ2n) is 6.26. The molecule has 1 aromatic rings. The number of carbonyl (C=O) groups excluding carboxylic acids is 1. The molecule has 0 saturated carbocycles. The smallest absolute Gasteiger partial charge is 0.414 e. The molecule has 1 aliphatic heterocycles. The molecule has 0 radical (unpaired) electrons. The summed E-state index contributed by atoms with van der Waals surface area (Å²) >= 11 is 0. The number of pyridine rings is 1. The third-order valence-corrected chi connectivity index (χ3v) is 3.08. The van der Waals surface area contributed by atoms with Gasteiger partial charge in [0.25, 0.3) is 0 Å². The fourth-order valence-electron chi connectivity index (χ4n) is 2.08. The van der Waals surface area contributed by atoms with Crippen LogP contribution >= 0.6 is 0 Å². The lowest BCUT2D eigenvalue weighted by molar-refractivity contribution is -0.159. The molecule has 1 saturated heterocycles. The van der Waals surface area contributed by atoms with Gasteiger partial charge in [-0.15, -0.1) is 0 Å². The normalized spacial score (nSPS) is 17.1. The maximum Gasteiger partial charge on any atom is 0.414 e. The van der Waals surface area contributed by atoms with Crippen molar-refractivity contribution in [3.63, 3.8) is 0 Å². The molecule has 0 spiro atoms. The Morgan fingerprint density at radius 2 is 1.88 bits per heavy atom. The quantitative estimate of drug-likeness (QED) is 0.641. The van der Waals surface area contributed by atoms with Gasteiger partial charge in [-0.25, -0.2) is 14.4 Å². The molecular weight excluding hydrogens is 330 g/mol. The molecule has 1 amide bonds. The molecule has 25 heavy (non-hydrogen) atoms. The highest BCUT2D eigenvalue weighted by atomic mass is 16.6. The van der Waals surface area contributed by atoms with Crippen molar-refractivity contribution < 1.29 is 29.3 Å². The predicted octanol–water partition coefficient (Wildman–Crippen LogP) is 1.12.